The van der Waals surface area contributed by atoms with Crippen LogP contribution in [0.1, 0.15) is 37.8 Å². The number of hydrogen-bond donors (Lipinski definition) is 1. The number of carbonyl (C=O) groups is 2. The summed E-state index contributed by atoms with van der Waals surface area (Å²) in [7, 11) is 1.33. The second kappa shape index (κ2) is 14.0. The van der Waals surface area contributed by atoms with Gasteiger partial charge in [-0.1, -0.05) is 38.6 Å². The average Bonchev–Trinajstić information content (AvgIpc) is 3.00. The summed E-state index contributed by atoms with van der Waals surface area (Å²) in [6, 6.07) is 10.3. The third-order valence-electron chi connectivity index (χ3n) is 7.41. The van der Waals surface area contributed by atoms with Crippen molar-refractivity contribution < 1.29 is 27.7 Å². The summed E-state index contributed by atoms with van der Waals surface area (Å²) in [6.07, 6.45) is 3.19. The first-order valence-electron chi connectivity index (χ1n) is 14.0. The van der Waals surface area contributed by atoms with E-state index >= 15 is 8.78 Å². The Balaban J connectivity index is 2.01. The molecule has 0 spiro atoms. The Kier molecular flexibility index (Phi) is 10.4. The lowest BCUT2D eigenvalue weighted by atomic mass is 10.0. The maximum Gasteiger partial charge on any atom is 0.246 e. The number of para-hydroxylation sites is 1. The van der Waals surface area contributed by atoms with E-state index in [4.69, 9.17) is 9.73 Å². The molecule has 232 valence electrons. The van der Waals surface area contributed by atoms with Crippen molar-refractivity contribution in [2.24, 2.45) is 4.99 Å². The van der Waals surface area contributed by atoms with Crippen molar-refractivity contribution in [3.63, 3.8) is 0 Å². The van der Waals surface area contributed by atoms with Crippen LogP contribution in [0.15, 0.2) is 65.0 Å². The van der Waals surface area contributed by atoms with Crippen LogP contribution in [0.5, 0.6) is 5.75 Å². The standard InChI is InChI=1S/C32H35F2N5O4S/c1-7-27(41)38-14-15-39(20(4)17-38)32(37-29-21(19(2)3)10-8-13-26(29)44(6)42)22-16-24(34)30(36-31(22)35-18-40)28-23(33)11-9-12-25(28)43-5/h7-13,16,18-20H,1,14-15,17H2,2-6H3,(H,35,36,40)/b37-32+. The van der Waals surface area contributed by atoms with E-state index in [0.29, 0.717) is 36.6 Å². The zero-order chi connectivity index (χ0) is 32.1. The first-order valence-corrected chi connectivity index (χ1v) is 15.5. The number of benzene rings is 2. The van der Waals surface area contributed by atoms with Crippen LogP contribution in [0.3, 0.4) is 0 Å². The first-order chi connectivity index (χ1) is 21.0. The van der Waals surface area contributed by atoms with Crippen LogP contribution in [0, 0.1) is 11.6 Å². The molecule has 9 nitrogen and oxygen atoms in total. The molecule has 2 heterocycles. The molecule has 0 saturated carbocycles. The summed E-state index contributed by atoms with van der Waals surface area (Å²) in [4.78, 5) is 37.7. The number of methoxy groups -OCH3 is 1. The molecule has 2 atom stereocenters. The fourth-order valence-electron chi connectivity index (χ4n) is 5.25. The number of aliphatic imine (C=N–C) groups is 1. The van der Waals surface area contributed by atoms with Gasteiger partial charge in [-0.25, -0.2) is 18.8 Å². The molecule has 44 heavy (non-hydrogen) atoms. The van der Waals surface area contributed by atoms with E-state index in [2.05, 4.69) is 16.9 Å². The van der Waals surface area contributed by atoms with Gasteiger partial charge in [-0.2, -0.15) is 0 Å². The first kappa shape index (κ1) is 32.6. The maximum absolute atomic E-state index is 16.1. The van der Waals surface area contributed by atoms with Crippen LogP contribution in [0.2, 0.25) is 0 Å². The number of aromatic nitrogens is 1. The molecule has 1 aliphatic rings. The summed E-state index contributed by atoms with van der Waals surface area (Å²) < 4.78 is 49.2. The summed E-state index contributed by atoms with van der Waals surface area (Å²) >= 11 is -1.42. The number of pyridine rings is 1. The van der Waals surface area contributed by atoms with Crippen molar-refractivity contribution in [3.05, 3.63) is 77.9 Å². The van der Waals surface area contributed by atoms with Crippen molar-refractivity contribution in [3.8, 4) is 17.0 Å². The molecular formula is C32H35F2N5O4S. The van der Waals surface area contributed by atoms with Gasteiger partial charge in [-0.15, -0.1) is 0 Å². The molecule has 2 aromatic carbocycles. The Morgan fingerprint density at radius 2 is 1.95 bits per heavy atom. The highest BCUT2D eigenvalue weighted by molar-refractivity contribution is 7.90. The summed E-state index contributed by atoms with van der Waals surface area (Å²) in [5.74, 6) is -1.62. The molecule has 2 amide bonds. The number of hydrogen-bond acceptors (Lipinski definition) is 6. The van der Waals surface area contributed by atoms with Gasteiger partial charge in [0.25, 0.3) is 0 Å². The van der Waals surface area contributed by atoms with Crippen LogP contribution in [-0.2, 0) is 20.8 Å². The van der Waals surface area contributed by atoms with Crippen LogP contribution in [0.25, 0.3) is 11.3 Å². The van der Waals surface area contributed by atoms with E-state index in [9.17, 15) is 14.1 Å². The van der Waals surface area contributed by atoms with Crippen LogP contribution < -0.4 is 10.1 Å². The highest BCUT2D eigenvalue weighted by Gasteiger charge is 2.32. The van der Waals surface area contributed by atoms with Gasteiger partial charge in [0.05, 0.1) is 18.2 Å². The maximum atomic E-state index is 16.1. The molecule has 0 radical (unpaired) electrons. The van der Waals surface area contributed by atoms with E-state index in [0.717, 1.165) is 17.7 Å². The molecule has 1 saturated heterocycles. The summed E-state index contributed by atoms with van der Waals surface area (Å²) in [5.41, 5.74) is 0.821. The van der Waals surface area contributed by atoms with Crippen LogP contribution in [0.4, 0.5) is 20.3 Å². The predicted octanol–water partition coefficient (Wildman–Crippen LogP) is 5.26. The zero-order valence-corrected chi connectivity index (χ0v) is 26.1. The lowest BCUT2D eigenvalue weighted by molar-refractivity contribution is -0.128. The van der Waals surface area contributed by atoms with E-state index in [1.54, 1.807) is 17.2 Å². The van der Waals surface area contributed by atoms with Crippen molar-refractivity contribution in [2.75, 3.05) is 38.3 Å². The summed E-state index contributed by atoms with van der Waals surface area (Å²) in [6.45, 7) is 10.4. The Bertz CT molecular complexity index is 1570. The highest BCUT2D eigenvalue weighted by Crippen LogP contribution is 2.38. The third kappa shape index (κ3) is 6.61. The number of carbonyl (C=O) groups excluding carboxylic acids is 2. The van der Waals surface area contributed by atoms with E-state index < -0.39 is 22.8 Å². The van der Waals surface area contributed by atoms with Crippen LogP contribution in [-0.4, -0.2) is 76.5 Å². The Morgan fingerprint density at radius 3 is 2.57 bits per heavy atom. The number of ether oxygens (including phenoxy) is 1. The minimum Gasteiger partial charge on any atom is -0.612 e. The Hall–Kier alpha value is -4.29. The van der Waals surface area contributed by atoms with Gasteiger partial charge in [0.15, 0.2) is 10.7 Å². The SMILES string of the molecule is C=CC(=O)N1CCN(/C(=N/c2c(C(C)C)cccc2[S+](C)[O-])c2cc(F)c(-c3c(F)cccc3OC)nc2NC=O)C(C)C1. The van der Waals surface area contributed by atoms with Gasteiger partial charge in [0.1, 0.15) is 40.9 Å². The number of piperazine rings is 1. The number of anilines is 1. The van der Waals surface area contributed by atoms with E-state index in [-0.39, 0.29) is 52.1 Å². The monoisotopic (exact) mass is 623 g/mol. The minimum absolute atomic E-state index is 0.00341. The average molecular weight is 624 g/mol. The molecule has 0 aliphatic carbocycles. The molecule has 1 fully saturated rings. The largest absolute Gasteiger partial charge is 0.612 e. The van der Waals surface area contributed by atoms with E-state index in [1.165, 1.54) is 25.3 Å². The molecule has 1 aliphatic heterocycles. The summed E-state index contributed by atoms with van der Waals surface area (Å²) in [5, 5.41) is 2.53. The fraction of sp³-hybridized carbons (Fsp3) is 0.312. The van der Waals surface area contributed by atoms with Gasteiger partial charge < -0.3 is 24.4 Å². The van der Waals surface area contributed by atoms with Crippen LogP contribution >= 0.6 is 0 Å². The molecule has 2 unspecified atom stereocenters. The van der Waals surface area contributed by atoms with Gasteiger partial charge in [0, 0.05) is 25.7 Å². The van der Waals surface area contributed by atoms with Gasteiger partial charge in [-0.05, 0) is 59.9 Å². The second-order valence-electron chi connectivity index (χ2n) is 10.6. The lowest BCUT2D eigenvalue weighted by Gasteiger charge is -2.41. The molecule has 0 bridgehead atoms. The molecule has 12 heteroatoms. The quantitative estimate of drug-likeness (QED) is 0.115. The van der Waals surface area contributed by atoms with Gasteiger partial charge in [0.2, 0.25) is 12.3 Å². The van der Waals surface area contributed by atoms with Crippen molar-refractivity contribution in [1.82, 2.24) is 14.8 Å². The molecule has 4 rings (SSSR count). The Morgan fingerprint density at radius 1 is 1.23 bits per heavy atom. The minimum atomic E-state index is -1.42. The van der Waals surface area contributed by atoms with Crippen molar-refractivity contribution in [1.29, 1.82) is 0 Å². The topological polar surface area (TPSA) is 110 Å². The number of nitrogens with zero attached hydrogens (tertiary/aromatic N) is 4. The second-order valence-corrected chi connectivity index (χ2v) is 11.9. The normalized spacial score (nSPS) is 16.1. The molecule has 1 N–H and O–H groups in total. The highest BCUT2D eigenvalue weighted by atomic mass is 32.2. The number of amides is 2. The molecule has 3 aromatic rings. The third-order valence-corrected chi connectivity index (χ3v) is 8.36. The zero-order valence-electron chi connectivity index (χ0n) is 25.3. The lowest BCUT2D eigenvalue weighted by Crippen LogP contribution is -2.55. The number of rotatable bonds is 9. The van der Waals surface area contributed by atoms with Gasteiger partial charge >= 0.3 is 0 Å². The smallest absolute Gasteiger partial charge is 0.246 e. The van der Waals surface area contributed by atoms with Crippen molar-refractivity contribution >= 4 is 40.8 Å². The number of halogens is 2. The fourth-order valence-corrected chi connectivity index (χ4v) is 5.95. The number of amidine groups is 1. The molecule has 1 aromatic heterocycles. The number of nitrogens with one attached hydrogen (secondary N) is 1. The molecular weight excluding hydrogens is 588 g/mol. The Labute approximate surface area is 258 Å². The van der Waals surface area contributed by atoms with Crippen molar-refractivity contribution in [2.45, 2.75) is 37.6 Å². The van der Waals surface area contributed by atoms with Gasteiger partial charge in [-0.3, -0.25) is 9.59 Å². The van der Waals surface area contributed by atoms with E-state index in [1.807, 2.05) is 37.8 Å². The predicted molar refractivity (Wildman–Crippen MR) is 168 cm³/mol.